The van der Waals surface area contributed by atoms with E-state index >= 15 is 0 Å². The third-order valence-electron chi connectivity index (χ3n) is 3.14. The first-order valence-electron chi connectivity index (χ1n) is 6.18. The molecule has 1 aromatic carbocycles. The zero-order valence-electron chi connectivity index (χ0n) is 10.6. The summed E-state index contributed by atoms with van der Waals surface area (Å²) < 4.78 is 27.9. The van der Waals surface area contributed by atoms with Gasteiger partial charge < -0.3 is 5.11 Å². The minimum absolute atomic E-state index is 0.208. The summed E-state index contributed by atoms with van der Waals surface area (Å²) in [6.07, 6.45) is 1.70. The van der Waals surface area contributed by atoms with Gasteiger partial charge in [-0.2, -0.15) is 12.7 Å². The van der Waals surface area contributed by atoms with Crippen LogP contribution in [-0.4, -0.2) is 36.4 Å². The number of aliphatic carboxylic acids is 1. The molecule has 8 heteroatoms. The maximum Gasteiger partial charge on any atom is 0.322 e. The van der Waals surface area contributed by atoms with Crippen LogP contribution >= 0.6 is 11.6 Å². The van der Waals surface area contributed by atoms with E-state index in [0.29, 0.717) is 30.0 Å². The summed E-state index contributed by atoms with van der Waals surface area (Å²) in [5, 5.41) is 9.62. The fourth-order valence-corrected chi connectivity index (χ4v) is 3.74. The summed E-state index contributed by atoms with van der Waals surface area (Å²) in [6.45, 7) is 0.208. The first-order chi connectivity index (χ1) is 9.40. The molecule has 1 unspecified atom stereocenters. The van der Waals surface area contributed by atoms with E-state index < -0.39 is 22.2 Å². The van der Waals surface area contributed by atoms with Crippen LogP contribution in [0.1, 0.15) is 19.3 Å². The van der Waals surface area contributed by atoms with Crippen LogP contribution in [0.25, 0.3) is 0 Å². The van der Waals surface area contributed by atoms with Crippen LogP contribution in [0.3, 0.4) is 0 Å². The molecular weight excluding hydrogens is 304 g/mol. The molecule has 0 amide bonds. The first kappa shape index (κ1) is 15.1. The molecule has 1 aliphatic rings. The van der Waals surface area contributed by atoms with E-state index in [1.54, 1.807) is 12.1 Å². The van der Waals surface area contributed by atoms with Crippen molar-refractivity contribution in [3.63, 3.8) is 0 Å². The van der Waals surface area contributed by atoms with Crippen molar-refractivity contribution in [2.24, 2.45) is 0 Å². The van der Waals surface area contributed by atoms with Gasteiger partial charge in [-0.3, -0.25) is 9.52 Å². The SMILES string of the molecule is O=C(O)C1CCCCN1S(=O)(=O)Nc1ccc(Cl)cc1. The van der Waals surface area contributed by atoms with Crippen LogP contribution in [0.5, 0.6) is 0 Å². The summed E-state index contributed by atoms with van der Waals surface area (Å²) in [5.41, 5.74) is 0.351. The molecular formula is C12H15ClN2O4S. The molecule has 1 fully saturated rings. The number of carbonyl (C=O) groups is 1. The van der Waals surface area contributed by atoms with Gasteiger partial charge in [0.1, 0.15) is 6.04 Å². The number of rotatable bonds is 4. The second-order valence-electron chi connectivity index (χ2n) is 4.57. The Morgan fingerprint density at radius 3 is 2.55 bits per heavy atom. The Labute approximate surface area is 122 Å². The molecule has 110 valence electrons. The van der Waals surface area contributed by atoms with Crippen molar-refractivity contribution in [1.29, 1.82) is 0 Å². The molecule has 0 radical (unpaired) electrons. The number of hydrogen-bond donors (Lipinski definition) is 2. The number of nitrogens with one attached hydrogen (secondary N) is 1. The lowest BCUT2D eigenvalue weighted by Crippen LogP contribution is -2.49. The Hall–Kier alpha value is -1.31. The minimum atomic E-state index is -3.88. The third kappa shape index (κ3) is 3.41. The monoisotopic (exact) mass is 318 g/mol. The second kappa shape index (κ2) is 5.99. The zero-order valence-corrected chi connectivity index (χ0v) is 12.2. The van der Waals surface area contributed by atoms with Crippen molar-refractivity contribution in [3.05, 3.63) is 29.3 Å². The summed E-state index contributed by atoms with van der Waals surface area (Å²) in [6, 6.07) is 5.17. The molecule has 1 atom stereocenters. The highest BCUT2D eigenvalue weighted by Crippen LogP contribution is 2.23. The van der Waals surface area contributed by atoms with Crippen LogP contribution in [0, 0.1) is 0 Å². The first-order valence-corrected chi connectivity index (χ1v) is 8.00. The van der Waals surface area contributed by atoms with E-state index in [2.05, 4.69) is 4.72 Å². The predicted molar refractivity (Wildman–Crippen MR) is 76.0 cm³/mol. The molecule has 1 aliphatic heterocycles. The Balaban J connectivity index is 2.20. The minimum Gasteiger partial charge on any atom is -0.480 e. The highest BCUT2D eigenvalue weighted by molar-refractivity contribution is 7.90. The number of anilines is 1. The van der Waals surface area contributed by atoms with Gasteiger partial charge in [0.2, 0.25) is 0 Å². The fourth-order valence-electron chi connectivity index (χ4n) is 2.16. The van der Waals surface area contributed by atoms with Gasteiger partial charge in [-0.25, -0.2) is 0 Å². The predicted octanol–water partition coefficient (Wildman–Crippen LogP) is 1.94. The number of nitrogens with zero attached hydrogens (tertiary/aromatic N) is 1. The number of piperidine rings is 1. The van der Waals surface area contributed by atoms with Gasteiger partial charge >= 0.3 is 16.2 Å². The van der Waals surface area contributed by atoms with E-state index in [1.807, 2.05) is 0 Å². The van der Waals surface area contributed by atoms with Gasteiger partial charge in [-0.05, 0) is 43.5 Å². The Bertz CT molecular complexity index is 588. The normalized spacial score (nSPS) is 20.6. The number of hydrogen-bond acceptors (Lipinski definition) is 3. The van der Waals surface area contributed by atoms with E-state index in [0.717, 1.165) is 4.31 Å². The Morgan fingerprint density at radius 2 is 1.95 bits per heavy atom. The third-order valence-corrected chi connectivity index (χ3v) is 4.94. The van der Waals surface area contributed by atoms with Gasteiger partial charge in [0.15, 0.2) is 0 Å². The maximum atomic E-state index is 12.3. The van der Waals surface area contributed by atoms with Crippen LogP contribution in [-0.2, 0) is 15.0 Å². The number of halogens is 1. The van der Waals surface area contributed by atoms with Gasteiger partial charge in [0.05, 0.1) is 0 Å². The van der Waals surface area contributed by atoms with Crippen LogP contribution in [0.4, 0.5) is 5.69 Å². The van der Waals surface area contributed by atoms with Gasteiger partial charge in [-0.15, -0.1) is 0 Å². The second-order valence-corrected chi connectivity index (χ2v) is 6.63. The van der Waals surface area contributed by atoms with Crippen molar-refractivity contribution in [2.75, 3.05) is 11.3 Å². The van der Waals surface area contributed by atoms with Crippen LogP contribution in [0.15, 0.2) is 24.3 Å². The van der Waals surface area contributed by atoms with Crippen molar-refractivity contribution in [2.45, 2.75) is 25.3 Å². The van der Waals surface area contributed by atoms with Crippen molar-refractivity contribution >= 4 is 33.5 Å². The summed E-state index contributed by atoms with van der Waals surface area (Å²) >= 11 is 5.73. The van der Waals surface area contributed by atoms with Gasteiger partial charge in [0.25, 0.3) is 0 Å². The molecule has 0 bridgehead atoms. The number of carboxylic acid groups (broad SMARTS) is 1. The average Bonchev–Trinajstić information content (AvgIpc) is 2.41. The Morgan fingerprint density at radius 1 is 1.30 bits per heavy atom. The highest BCUT2D eigenvalue weighted by Gasteiger charge is 2.36. The standard InChI is InChI=1S/C12H15ClN2O4S/c13-9-4-6-10(7-5-9)14-20(18,19)15-8-2-1-3-11(15)12(16)17/h4-7,11,14H,1-3,8H2,(H,16,17). The molecule has 0 saturated carbocycles. The lowest BCUT2D eigenvalue weighted by Gasteiger charge is -2.31. The topological polar surface area (TPSA) is 86.7 Å². The molecule has 20 heavy (non-hydrogen) atoms. The highest BCUT2D eigenvalue weighted by atomic mass is 35.5. The molecule has 6 nitrogen and oxygen atoms in total. The summed E-state index contributed by atoms with van der Waals surface area (Å²) in [7, 11) is -3.88. The van der Waals surface area contributed by atoms with Crippen molar-refractivity contribution in [1.82, 2.24) is 4.31 Å². The zero-order chi connectivity index (χ0) is 14.8. The molecule has 1 heterocycles. The Kier molecular flexibility index (Phi) is 4.52. The van der Waals surface area contributed by atoms with E-state index in [-0.39, 0.29) is 6.54 Å². The molecule has 1 saturated heterocycles. The fraction of sp³-hybridized carbons (Fsp3) is 0.417. The van der Waals surface area contributed by atoms with E-state index in [9.17, 15) is 13.2 Å². The van der Waals surface area contributed by atoms with Gasteiger partial charge in [-0.1, -0.05) is 11.6 Å². The summed E-state index contributed by atoms with van der Waals surface area (Å²) in [5.74, 6) is -1.12. The average molecular weight is 319 g/mol. The molecule has 2 rings (SSSR count). The lowest BCUT2D eigenvalue weighted by molar-refractivity contribution is -0.142. The summed E-state index contributed by atoms with van der Waals surface area (Å²) in [4.78, 5) is 11.2. The molecule has 0 aromatic heterocycles. The van der Waals surface area contributed by atoms with E-state index in [4.69, 9.17) is 16.7 Å². The quantitative estimate of drug-likeness (QED) is 0.888. The molecule has 2 N–H and O–H groups in total. The number of carboxylic acids is 1. The van der Waals surface area contributed by atoms with Crippen molar-refractivity contribution in [3.8, 4) is 0 Å². The van der Waals surface area contributed by atoms with Gasteiger partial charge in [0, 0.05) is 17.3 Å². The smallest absolute Gasteiger partial charge is 0.322 e. The largest absolute Gasteiger partial charge is 0.480 e. The molecule has 0 aliphatic carbocycles. The number of benzene rings is 1. The molecule has 0 spiro atoms. The molecule has 1 aromatic rings. The van der Waals surface area contributed by atoms with Crippen LogP contribution < -0.4 is 4.72 Å². The van der Waals surface area contributed by atoms with Crippen molar-refractivity contribution < 1.29 is 18.3 Å². The van der Waals surface area contributed by atoms with Crippen LogP contribution in [0.2, 0.25) is 5.02 Å². The van der Waals surface area contributed by atoms with E-state index in [1.165, 1.54) is 12.1 Å². The maximum absolute atomic E-state index is 12.3. The lowest BCUT2D eigenvalue weighted by atomic mass is 10.1.